The average Bonchev–Trinajstić information content (AvgIpc) is 2.53. The van der Waals surface area contributed by atoms with Crippen molar-refractivity contribution in [3.63, 3.8) is 0 Å². The summed E-state index contributed by atoms with van der Waals surface area (Å²) in [4.78, 5) is 0. The first-order chi connectivity index (χ1) is 6.41. The van der Waals surface area contributed by atoms with Crippen LogP contribution >= 0.6 is 0 Å². The highest BCUT2D eigenvalue weighted by atomic mass is 32.2. The molecule has 0 aliphatic rings. The number of furan rings is 1. The zero-order valence-electron chi connectivity index (χ0n) is 9.03. The molecule has 1 N–H and O–H groups in total. The van der Waals surface area contributed by atoms with E-state index in [4.69, 9.17) is 4.42 Å². The topological polar surface area (TPSA) is 48.2 Å². The zero-order chi connectivity index (χ0) is 10.8. The molecule has 14 heavy (non-hydrogen) atoms. The van der Waals surface area contributed by atoms with Crippen LogP contribution in [0.5, 0.6) is 0 Å². The molecule has 0 bridgehead atoms. The summed E-state index contributed by atoms with van der Waals surface area (Å²) < 4.78 is 19.7. The Morgan fingerprint density at radius 3 is 2.57 bits per heavy atom. The molecule has 1 aromatic rings. The van der Waals surface area contributed by atoms with Gasteiger partial charge in [-0.05, 0) is 39.8 Å². The van der Waals surface area contributed by atoms with Crippen molar-refractivity contribution in [3.8, 4) is 0 Å². The standard InChI is InChI=1S/C10H17NO2S/c1-8(9-6-5-7-13-9)11-14(12)10(2,3)4/h5-8,11H,1-4H3/t8?,14-/m1/s1. The molecule has 2 atom stereocenters. The van der Waals surface area contributed by atoms with Crippen LogP contribution in [0, 0.1) is 0 Å². The third-order valence-corrected chi connectivity index (χ3v) is 3.49. The summed E-state index contributed by atoms with van der Waals surface area (Å²) in [6.07, 6.45) is 1.62. The highest BCUT2D eigenvalue weighted by Gasteiger charge is 2.28. The molecule has 0 aliphatic carbocycles. The van der Waals surface area contributed by atoms with E-state index in [9.17, 15) is 4.55 Å². The van der Waals surface area contributed by atoms with E-state index in [0.717, 1.165) is 5.76 Å². The highest BCUT2D eigenvalue weighted by Crippen LogP contribution is 2.19. The lowest BCUT2D eigenvalue weighted by Gasteiger charge is -2.25. The minimum absolute atomic E-state index is 0.0231. The monoisotopic (exact) mass is 215 g/mol. The second-order valence-electron chi connectivity index (χ2n) is 4.24. The molecule has 1 aromatic heterocycles. The molecule has 1 rings (SSSR count). The van der Waals surface area contributed by atoms with Gasteiger partial charge < -0.3 is 8.97 Å². The Hall–Kier alpha value is -0.450. The Balaban J connectivity index is 2.53. The van der Waals surface area contributed by atoms with Gasteiger partial charge in [0.05, 0.1) is 6.26 Å². The molecule has 80 valence electrons. The van der Waals surface area contributed by atoms with Crippen LogP contribution in [-0.2, 0) is 11.4 Å². The van der Waals surface area contributed by atoms with Crippen molar-refractivity contribution >= 4 is 11.4 Å². The minimum Gasteiger partial charge on any atom is -0.598 e. The summed E-state index contributed by atoms with van der Waals surface area (Å²) in [6.45, 7) is 7.74. The van der Waals surface area contributed by atoms with Gasteiger partial charge in [0.2, 0.25) is 0 Å². The summed E-state index contributed by atoms with van der Waals surface area (Å²) in [5.74, 6) is 0.808. The molecule has 1 unspecified atom stereocenters. The average molecular weight is 215 g/mol. The maximum atomic E-state index is 11.7. The lowest BCUT2D eigenvalue weighted by atomic mass is 10.3. The Morgan fingerprint density at radius 1 is 1.50 bits per heavy atom. The molecule has 0 aliphatic heterocycles. The molecule has 3 nitrogen and oxygen atoms in total. The smallest absolute Gasteiger partial charge is 0.136 e. The summed E-state index contributed by atoms with van der Waals surface area (Å²) in [5.41, 5.74) is 0. The van der Waals surface area contributed by atoms with Gasteiger partial charge in [-0.3, -0.25) is 0 Å². The van der Waals surface area contributed by atoms with Crippen molar-refractivity contribution in [3.05, 3.63) is 24.2 Å². The molecule has 0 fully saturated rings. The highest BCUT2D eigenvalue weighted by molar-refractivity contribution is 7.90. The van der Waals surface area contributed by atoms with Gasteiger partial charge in [0.15, 0.2) is 0 Å². The fourth-order valence-corrected chi connectivity index (χ4v) is 1.72. The second kappa shape index (κ2) is 4.38. The maximum absolute atomic E-state index is 11.7. The van der Waals surface area contributed by atoms with E-state index in [1.165, 1.54) is 0 Å². The van der Waals surface area contributed by atoms with Gasteiger partial charge in [0.25, 0.3) is 0 Å². The van der Waals surface area contributed by atoms with E-state index >= 15 is 0 Å². The van der Waals surface area contributed by atoms with Crippen molar-refractivity contribution in [2.45, 2.75) is 38.5 Å². The summed E-state index contributed by atoms with van der Waals surface area (Å²) in [6, 6.07) is 3.68. The predicted molar refractivity (Wildman–Crippen MR) is 58.2 cm³/mol. The molecule has 0 spiro atoms. The van der Waals surface area contributed by atoms with Crippen LogP contribution in [0.25, 0.3) is 0 Å². The third-order valence-electron chi connectivity index (χ3n) is 1.81. The predicted octanol–water partition coefficient (Wildman–Crippen LogP) is 2.39. The van der Waals surface area contributed by atoms with Crippen molar-refractivity contribution in [2.75, 3.05) is 0 Å². The van der Waals surface area contributed by atoms with Gasteiger partial charge in [-0.2, -0.15) is 0 Å². The molecule has 0 aromatic carbocycles. The first kappa shape index (κ1) is 11.6. The van der Waals surface area contributed by atoms with Crippen LogP contribution in [-0.4, -0.2) is 9.30 Å². The molecular formula is C10H17NO2S. The lowest BCUT2D eigenvalue weighted by Crippen LogP contribution is -2.40. The van der Waals surface area contributed by atoms with Gasteiger partial charge >= 0.3 is 0 Å². The molecule has 4 heteroatoms. The first-order valence-corrected chi connectivity index (χ1v) is 5.77. The van der Waals surface area contributed by atoms with Gasteiger partial charge in [0, 0.05) is 11.4 Å². The summed E-state index contributed by atoms with van der Waals surface area (Å²) in [7, 11) is 0. The normalized spacial score (nSPS) is 16.6. The molecule has 0 amide bonds. The number of rotatable bonds is 3. The minimum atomic E-state index is -1.06. The van der Waals surface area contributed by atoms with E-state index in [2.05, 4.69) is 4.72 Å². The van der Waals surface area contributed by atoms with Crippen molar-refractivity contribution in [1.29, 1.82) is 0 Å². The van der Waals surface area contributed by atoms with Crippen LogP contribution in [0.1, 0.15) is 39.5 Å². The van der Waals surface area contributed by atoms with E-state index < -0.39 is 11.4 Å². The van der Waals surface area contributed by atoms with Gasteiger partial charge in [-0.25, -0.2) is 0 Å². The molecular weight excluding hydrogens is 198 g/mol. The van der Waals surface area contributed by atoms with Crippen molar-refractivity contribution in [2.24, 2.45) is 0 Å². The third kappa shape index (κ3) is 3.04. The zero-order valence-corrected chi connectivity index (χ0v) is 9.85. The summed E-state index contributed by atoms with van der Waals surface area (Å²) in [5, 5.41) is 0. The van der Waals surface area contributed by atoms with Crippen molar-refractivity contribution < 1.29 is 8.97 Å². The van der Waals surface area contributed by atoms with Gasteiger partial charge in [-0.1, -0.05) is 0 Å². The fraction of sp³-hybridized carbons (Fsp3) is 0.600. The Kier molecular flexibility index (Phi) is 3.64. The maximum Gasteiger partial charge on any atom is 0.136 e. The van der Waals surface area contributed by atoms with Gasteiger partial charge in [0.1, 0.15) is 16.5 Å². The Bertz CT molecular complexity index is 266. The van der Waals surface area contributed by atoms with E-state index in [1.807, 2.05) is 39.8 Å². The number of hydrogen-bond donors (Lipinski definition) is 1. The van der Waals surface area contributed by atoms with E-state index in [-0.39, 0.29) is 10.8 Å². The van der Waals surface area contributed by atoms with E-state index in [1.54, 1.807) is 6.26 Å². The fourth-order valence-electron chi connectivity index (χ4n) is 0.933. The molecule has 0 saturated carbocycles. The Morgan fingerprint density at radius 2 is 2.14 bits per heavy atom. The quantitative estimate of drug-likeness (QED) is 0.788. The Labute approximate surface area is 88.2 Å². The number of hydrogen-bond acceptors (Lipinski definition) is 3. The molecule has 0 saturated heterocycles. The van der Waals surface area contributed by atoms with Crippen LogP contribution < -0.4 is 4.72 Å². The molecule has 1 heterocycles. The van der Waals surface area contributed by atoms with Crippen LogP contribution in [0.15, 0.2) is 22.8 Å². The van der Waals surface area contributed by atoms with E-state index in [0.29, 0.717) is 0 Å². The summed E-state index contributed by atoms with van der Waals surface area (Å²) >= 11 is -1.06. The second-order valence-corrected chi connectivity index (χ2v) is 6.23. The van der Waals surface area contributed by atoms with Crippen molar-refractivity contribution in [1.82, 2.24) is 4.72 Å². The lowest BCUT2D eigenvalue weighted by molar-refractivity contribution is 0.454. The van der Waals surface area contributed by atoms with Crippen LogP contribution in [0.3, 0.4) is 0 Å². The van der Waals surface area contributed by atoms with Crippen LogP contribution in [0.2, 0.25) is 0 Å². The van der Waals surface area contributed by atoms with Gasteiger partial charge in [-0.15, -0.1) is 4.72 Å². The first-order valence-electron chi connectivity index (χ1n) is 4.62. The van der Waals surface area contributed by atoms with Crippen LogP contribution in [0.4, 0.5) is 0 Å². The molecule has 0 radical (unpaired) electrons. The largest absolute Gasteiger partial charge is 0.598 e. The SMILES string of the molecule is CC(N[S@+]([O-])C(C)(C)C)c1ccco1. The number of nitrogens with one attached hydrogen (secondary N) is 1.